The Morgan fingerprint density at radius 3 is 2.73 bits per heavy atom. The molecule has 1 aliphatic heterocycles. The first kappa shape index (κ1) is 13.5. The summed E-state index contributed by atoms with van der Waals surface area (Å²) < 4.78 is 1.85. The van der Waals surface area contributed by atoms with Crippen molar-refractivity contribution in [1.82, 2.24) is 20.1 Å². The molecule has 1 fully saturated rings. The minimum Gasteiger partial charge on any atom is -0.413 e. The second kappa shape index (κ2) is 5.55. The van der Waals surface area contributed by atoms with E-state index in [1.165, 1.54) is 5.56 Å². The van der Waals surface area contributed by atoms with Crippen molar-refractivity contribution in [3.05, 3.63) is 60.1 Å². The summed E-state index contributed by atoms with van der Waals surface area (Å²) in [5, 5.41) is 19.1. The van der Waals surface area contributed by atoms with Gasteiger partial charge in [-0.25, -0.2) is 4.68 Å². The largest absolute Gasteiger partial charge is 0.413 e. The van der Waals surface area contributed by atoms with Crippen molar-refractivity contribution < 1.29 is 9.94 Å². The van der Waals surface area contributed by atoms with Gasteiger partial charge in [0.05, 0.1) is 30.9 Å². The second-order valence-corrected chi connectivity index (χ2v) is 5.78. The molecule has 2 aromatic rings. The minimum absolute atomic E-state index is 0.0641. The van der Waals surface area contributed by atoms with Crippen molar-refractivity contribution in [2.24, 2.45) is 0 Å². The highest BCUT2D eigenvalue weighted by molar-refractivity contribution is 5.24. The fourth-order valence-corrected chi connectivity index (χ4v) is 3.10. The van der Waals surface area contributed by atoms with E-state index in [0.29, 0.717) is 17.8 Å². The van der Waals surface area contributed by atoms with Crippen molar-refractivity contribution in [3.63, 3.8) is 0 Å². The van der Waals surface area contributed by atoms with Crippen molar-refractivity contribution in [2.75, 3.05) is 0 Å². The standard InChI is InChI=1S/C16H18N4O2/c21-11-13-10-19(18-17-13)14-8-15(9-14)20-16(6-7-22-20)12-4-2-1-3-5-12/h1-7,10,14-16,21H,8-9,11H2/t14-,15+,16?. The van der Waals surface area contributed by atoms with E-state index in [1.54, 1.807) is 6.26 Å². The molecule has 2 aliphatic rings. The fraction of sp³-hybridized carbons (Fsp3) is 0.375. The Labute approximate surface area is 128 Å². The van der Waals surface area contributed by atoms with Crippen LogP contribution >= 0.6 is 0 Å². The third-order valence-electron chi connectivity index (χ3n) is 4.40. The molecule has 4 rings (SSSR count). The molecule has 2 heterocycles. The number of aliphatic hydroxyl groups is 1. The van der Waals surface area contributed by atoms with E-state index in [0.717, 1.165) is 12.8 Å². The Morgan fingerprint density at radius 1 is 1.18 bits per heavy atom. The van der Waals surface area contributed by atoms with Crippen molar-refractivity contribution >= 4 is 0 Å². The molecule has 0 radical (unpaired) electrons. The molecule has 1 saturated carbocycles. The summed E-state index contributed by atoms with van der Waals surface area (Å²) in [7, 11) is 0. The normalized spacial score (nSPS) is 27.6. The lowest BCUT2D eigenvalue weighted by molar-refractivity contribution is -0.168. The van der Waals surface area contributed by atoms with Gasteiger partial charge in [0.1, 0.15) is 12.0 Å². The van der Waals surface area contributed by atoms with Gasteiger partial charge in [-0.1, -0.05) is 35.5 Å². The zero-order valence-corrected chi connectivity index (χ0v) is 12.1. The Morgan fingerprint density at radius 2 is 2.00 bits per heavy atom. The SMILES string of the molecule is OCc1cn([C@H]2C[C@@H](N3OC=CC3c3ccccc3)C2)nn1. The molecule has 22 heavy (non-hydrogen) atoms. The lowest BCUT2D eigenvalue weighted by Gasteiger charge is -2.41. The third-order valence-corrected chi connectivity index (χ3v) is 4.40. The molecule has 114 valence electrons. The highest BCUT2D eigenvalue weighted by atomic mass is 16.7. The van der Waals surface area contributed by atoms with Crippen LogP contribution in [0, 0.1) is 0 Å². The number of aliphatic hydroxyl groups excluding tert-OH is 1. The summed E-state index contributed by atoms with van der Waals surface area (Å²) in [5.41, 5.74) is 1.85. The van der Waals surface area contributed by atoms with E-state index in [2.05, 4.69) is 45.7 Å². The highest BCUT2D eigenvalue weighted by Crippen LogP contribution is 2.41. The molecule has 0 spiro atoms. The maximum atomic E-state index is 9.06. The number of benzene rings is 1. The number of nitrogens with zero attached hydrogens (tertiary/aromatic N) is 4. The monoisotopic (exact) mass is 298 g/mol. The molecule has 0 saturated heterocycles. The third kappa shape index (κ3) is 2.30. The lowest BCUT2D eigenvalue weighted by atomic mass is 9.85. The van der Waals surface area contributed by atoms with Crippen LogP contribution in [0.1, 0.15) is 36.2 Å². The lowest BCUT2D eigenvalue weighted by Crippen LogP contribution is -2.44. The quantitative estimate of drug-likeness (QED) is 0.935. The average molecular weight is 298 g/mol. The summed E-state index contributed by atoms with van der Waals surface area (Å²) in [5.74, 6) is 0. The van der Waals surface area contributed by atoms with Gasteiger partial charge in [-0.05, 0) is 24.5 Å². The van der Waals surface area contributed by atoms with Gasteiger partial charge in [0.25, 0.3) is 0 Å². The van der Waals surface area contributed by atoms with Gasteiger partial charge in [-0.3, -0.25) is 0 Å². The van der Waals surface area contributed by atoms with E-state index in [1.807, 2.05) is 16.9 Å². The van der Waals surface area contributed by atoms with E-state index in [-0.39, 0.29) is 12.6 Å². The van der Waals surface area contributed by atoms with Gasteiger partial charge in [-0.15, -0.1) is 10.2 Å². The number of hydrogen-bond donors (Lipinski definition) is 1. The summed E-state index contributed by atoms with van der Waals surface area (Å²) in [6.07, 6.45) is 7.61. The number of aromatic nitrogens is 3. The summed E-state index contributed by atoms with van der Waals surface area (Å²) in [6, 6.07) is 11.2. The van der Waals surface area contributed by atoms with Crippen molar-refractivity contribution in [1.29, 1.82) is 0 Å². The average Bonchev–Trinajstić information content (AvgIpc) is 3.16. The van der Waals surface area contributed by atoms with Crippen LogP contribution in [0.5, 0.6) is 0 Å². The van der Waals surface area contributed by atoms with Crippen LogP contribution in [-0.4, -0.2) is 31.2 Å². The Hall–Kier alpha value is -2.18. The highest BCUT2D eigenvalue weighted by Gasteiger charge is 2.41. The molecule has 6 heteroatoms. The summed E-state index contributed by atoms with van der Waals surface area (Å²) in [4.78, 5) is 5.70. The van der Waals surface area contributed by atoms with Crippen molar-refractivity contribution in [3.8, 4) is 0 Å². The van der Waals surface area contributed by atoms with Crippen LogP contribution in [0.3, 0.4) is 0 Å². The van der Waals surface area contributed by atoms with Crippen LogP contribution in [0.15, 0.2) is 48.9 Å². The molecular weight excluding hydrogens is 280 g/mol. The molecule has 1 unspecified atom stereocenters. The molecule has 6 nitrogen and oxygen atoms in total. The predicted octanol–water partition coefficient (Wildman–Crippen LogP) is 1.98. The van der Waals surface area contributed by atoms with E-state index < -0.39 is 0 Å². The van der Waals surface area contributed by atoms with Gasteiger partial charge in [0, 0.05) is 0 Å². The zero-order valence-electron chi connectivity index (χ0n) is 12.1. The molecule has 1 aromatic heterocycles. The maximum Gasteiger partial charge on any atom is 0.109 e. The Bertz CT molecular complexity index is 664. The topological polar surface area (TPSA) is 63.4 Å². The summed E-state index contributed by atoms with van der Waals surface area (Å²) in [6.45, 7) is -0.0641. The molecular formula is C16H18N4O2. The molecule has 0 amide bonds. The Balaban J connectivity index is 1.42. The molecule has 0 bridgehead atoms. The van der Waals surface area contributed by atoms with E-state index in [4.69, 9.17) is 9.94 Å². The molecule has 1 aliphatic carbocycles. The van der Waals surface area contributed by atoms with E-state index >= 15 is 0 Å². The first-order valence-electron chi connectivity index (χ1n) is 7.53. The minimum atomic E-state index is -0.0641. The Kier molecular flexibility index (Phi) is 3.40. The van der Waals surface area contributed by atoms with Crippen LogP contribution < -0.4 is 0 Å². The van der Waals surface area contributed by atoms with Crippen molar-refractivity contribution in [2.45, 2.75) is 37.6 Å². The van der Waals surface area contributed by atoms with Crippen LogP contribution in [0.25, 0.3) is 0 Å². The van der Waals surface area contributed by atoms with Gasteiger partial charge in [0.15, 0.2) is 0 Å². The van der Waals surface area contributed by atoms with Gasteiger partial charge >= 0.3 is 0 Å². The first-order valence-corrected chi connectivity index (χ1v) is 7.53. The second-order valence-electron chi connectivity index (χ2n) is 5.78. The predicted molar refractivity (Wildman–Crippen MR) is 79.3 cm³/mol. The van der Waals surface area contributed by atoms with Crippen LogP contribution in [0.4, 0.5) is 0 Å². The van der Waals surface area contributed by atoms with Crippen LogP contribution in [0.2, 0.25) is 0 Å². The smallest absolute Gasteiger partial charge is 0.109 e. The number of rotatable bonds is 4. The van der Waals surface area contributed by atoms with E-state index in [9.17, 15) is 0 Å². The molecule has 1 atom stereocenters. The fourth-order valence-electron chi connectivity index (χ4n) is 3.10. The van der Waals surface area contributed by atoms with Crippen LogP contribution in [-0.2, 0) is 11.4 Å². The molecule has 1 N–H and O–H groups in total. The molecule has 1 aromatic carbocycles. The zero-order chi connectivity index (χ0) is 14.9. The summed E-state index contributed by atoms with van der Waals surface area (Å²) >= 11 is 0. The number of hydroxylamine groups is 2. The number of hydrogen-bond acceptors (Lipinski definition) is 5. The maximum absolute atomic E-state index is 9.06. The first-order chi connectivity index (χ1) is 10.8. The van der Waals surface area contributed by atoms with Gasteiger partial charge in [0.2, 0.25) is 0 Å². The van der Waals surface area contributed by atoms with Gasteiger partial charge in [-0.2, -0.15) is 0 Å². The van der Waals surface area contributed by atoms with Gasteiger partial charge < -0.3 is 9.94 Å².